The molecule has 4 nitrogen and oxygen atoms in total. The van der Waals surface area contributed by atoms with Gasteiger partial charge in [-0.3, -0.25) is 0 Å². The summed E-state index contributed by atoms with van der Waals surface area (Å²) in [6.07, 6.45) is 1.68. The lowest BCUT2D eigenvalue weighted by atomic mass is 10.1. The van der Waals surface area contributed by atoms with Crippen molar-refractivity contribution < 1.29 is 4.79 Å². The number of hydrogen-bond donors (Lipinski definition) is 0. The van der Waals surface area contributed by atoms with Crippen LogP contribution in [0.3, 0.4) is 0 Å². The fourth-order valence-corrected chi connectivity index (χ4v) is 2.78. The Balaban J connectivity index is 2.14. The van der Waals surface area contributed by atoms with Crippen LogP contribution >= 0.6 is 23.2 Å². The molecule has 1 aromatic carbocycles. The molecule has 0 spiro atoms. The van der Waals surface area contributed by atoms with Crippen molar-refractivity contribution in [1.82, 2.24) is 9.88 Å². The maximum absolute atomic E-state index is 12.9. The Hall–Kier alpha value is -1.78. The van der Waals surface area contributed by atoms with Crippen LogP contribution in [0, 0.1) is 0 Å². The molecule has 0 aliphatic carbocycles. The first kappa shape index (κ1) is 15.1. The number of urea groups is 1. The van der Waals surface area contributed by atoms with Gasteiger partial charge in [0.25, 0.3) is 0 Å². The number of hydrogen-bond acceptors (Lipinski definition) is 2. The van der Waals surface area contributed by atoms with Gasteiger partial charge in [-0.1, -0.05) is 29.3 Å². The van der Waals surface area contributed by atoms with E-state index < -0.39 is 0 Å². The van der Waals surface area contributed by atoms with E-state index in [1.165, 1.54) is 0 Å². The fourth-order valence-electron chi connectivity index (χ4n) is 2.49. The molecule has 0 unspecified atom stereocenters. The Morgan fingerprint density at radius 1 is 1.18 bits per heavy atom. The van der Waals surface area contributed by atoms with E-state index in [9.17, 15) is 4.79 Å². The molecule has 2 aromatic rings. The molecule has 0 saturated heterocycles. The van der Waals surface area contributed by atoms with Gasteiger partial charge >= 0.3 is 6.03 Å². The summed E-state index contributed by atoms with van der Waals surface area (Å²) in [4.78, 5) is 20.6. The van der Waals surface area contributed by atoms with E-state index in [-0.39, 0.29) is 12.1 Å². The maximum Gasteiger partial charge on any atom is 0.330 e. The molecule has 6 heteroatoms. The first-order valence-electron chi connectivity index (χ1n) is 6.98. The van der Waals surface area contributed by atoms with Crippen LogP contribution < -0.4 is 4.90 Å². The van der Waals surface area contributed by atoms with Gasteiger partial charge in [0.2, 0.25) is 0 Å². The topological polar surface area (TPSA) is 36.4 Å². The van der Waals surface area contributed by atoms with Crippen molar-refractivity contribution in [2.75, 3.05) is 4.90 Å². The molecule has 0 bridgehead atoms. The summed E-state index contributed by atoms with van der Waals surface area (Å²) in [6, 6.07) is 8.97. The molecule has 1 aliphatic rings. The predicted octanol–water partition coefficient (Wildman–Crippen LogP) is 4.87. The quantitative estimate of drug-likeness (QED) is 0.784. The van der Waals surface area contributed by atoms with Crippen molar-refractivity contribution in [1.29, 1.82) is 0 Å². The summed E-state index contributed by atoms with van der Waals surface area (Å²) < 4.78 is 0. The van der Waals surface area contributed by atoms with Gasteiger partial charge in [-0.05, 0) is 38.1 Å². The Morgan fingerprint density at radius 2 is 1.95 bits per heavy atom. The first-order chi connectivity index (χ1) is 10.5. The summed E-state index contributed by atoms with van der Waals surface area (Å²) in [6.45, 7) is 4.54. The smallest absolute Gasteiger partial charge is 0.317 e. The van der Waals surface area contributed by atoms with Crippen molar-refractivity contribution in [3.8, 4) is 0 Å². The summed E-state index contributed by atoms with van der Waals surface area (Å²) in [5, 5.41) is 0.864. The van der Waals surface area contributed by atoms with Gasteiger partial charge in [-0.25, -0.2) is 14.7 Å². The molecular formula is C16H15Cl2N3O. The summed E-state index contributed by atoms with van der Waals surface area (Å²) in [5.74, 6) is 0.641. The average molecular weight is 336 g/mol. The van der Waals surface area contributed by atoms with E-state index in [2.05, 4.69) is 4.98 Å². The number of halogens is 2. The third kappa shape index (κ3) is 2.53. The van der Waals surface area contributed by atoms with Crippen molar-refractivity contribution in [2.45, 2.75) is 26.4 Å². The number of carbonyl (C=O) groups is 1. The Bertz CT molecular complexity index is 733. The van der Waals surface area contributed by atoms with E-state index >= 15 is 0 Å². The standard InChI is InChI=1S/C16H15Cl2N3O/c1-10(2)20-9-11-4-3-7-19-15(11)21(16(20)22)12-5-6-13(17)14(18)8-12/h3-8,10H,9H2,1-2H3. The Kier molecular flexibility index (Phi) is 3.98. The fraction of sp³-hybridized carbons (Fsp3) is 0.250. The minimum atomic E-state index is -0.111. The highest BCUT2D eigenvalue weighted by molar-refractivity contribution is 6.42. The lowest BCUT2D eigenvalue weighted by Gasteiger charge is -2.38. The van der Waals surface area contributed by atoms with Crippen molar-refractivity contribution >= 4 is 40.7 Å². The predicted molar refractivity (Wildman–Crippen MR) is 88.9 cm³/mol. The van der Waals surface area contributed by atoms with Gasteiger partial charge in [-0.2, -0.15) is 0 Å². The lowest BCUT2D eigenvalue weighted by molar-refractivity contribution is 0.185. The Labute approximate surface area is 139 Å². The number of aromatic nitrogens is 1. The number of benzene rings is 1. The van der Waals surface area contributed by atoms with Crippen LogP contribution in [0.15, 0.2) is 36.5 Å². The zero-order valence-electron chi connectivity index (χ0n) is 12.3. The van der Waals surface area contributed by atoms with Crippen LogP contribution in [-0.4, -0.2) is 22.0 Å². The molecule has 0 N–H and O–H groups in total. The molecule has 2 heterocycles. The molecule has 1 aliphatic heterocycles. The SMILES string of the molecule is CC(C)N1Cc2cccnc2N(c2ccc(Cl)c(Cl)c2)C1=O. The van der Waals surface area contributed by atoms with Gasteiger partial charge < -0.3 is 4.90 Å². The van der Waals surface area contributed by atoms with Gasteiger partial charge in [-0.15, -0.1) is 0 Å². The van der Waals surface area contributed by atoms with Gasteiger partial charge in [0.1, 0.15) is 5.82 Å². The summed E-state index contributed by atoms with van der Waals surface area (Å²) in [5.41, 5.74) is 1.66. The molecule has 22 heavy (non-hydrogen) atoms. The van der Waals surface area contributed by atoms with Crippen molar-refractivity contribution in [3.63, 3.8) is 0 Å². The third-order valence-corrected chi connectivity index (χ3v) is 4.38. The number of nitrogens with zero attached hydrogens (tertiary/aromatic N) is 3. The van der Waals surface area contributed by atoms with E-state index in [0.717, 1.165) is 5.56 Å². The molecule has 3 rings (SSSR count). The largest absolute Gasteiger partial charge is 0.330 e. The number of pyridine rings is 1. The molecule has 1 aromatic heterocycles. The lowest BCUT2D eigenvalue weighted by Crippen LogP contribution is -2.48. The van der Waals surface area contributed by atoms with Gasteiger partial charge in [0, 0.05) is 17.8 Å². The van der Waals surface area contributed by atoms with E-state index in [4.69, 9.17) is 23.2 Å². The van der Waals surface area contributed by atoms with Gasteiger partial charge in [0.05, 0.1) is 22.3 Å². The van der Waals surface area contributed by atoms with E-state index in [1.807, 2.05) is 26.0 Å². The van der Waals surface area contributed by atoms with E-state index in [0.29, 0.717) is 28.1 Å². The molecule has 0 atom stereocenters. The highest BCUT2D eigenvalue weighted by atomic mass is 35.5. The highest BCUT2D eigenvalue weighted by Crippen LogP contribution is 2.36. The van der Waals surface area contributed by atoms with Crippen LogP contribution in [0.1, 0.15) is 19.4 Å². The Morgan fingerprint density at radius 3 is 2.64 bits per heavy atom. The second kappa shape index (κ2) is 5.78. The van der Waals surface area contributed by atoms with Crippen LogP contribution in [0.25, 0.3) is 0 Å². The molecular weight excluding hydrogens is 321 g/mol. The minimum Gasteiger partial charge on any atom is -0.317 e. The molecule has 0 saturated carbocycles. The van der Waals surface area contributed by atoms with Crippen molar-refractivity contribution in [3.05, 3.63) is 52.1 Å². The van der Waals surface area contributed by atoms with Crippen LogP contribution in [0.5, 0.6) is 0 Å². The van der Waals surface area contributed by atoms with Crippen molar-refractivity contribution in [2.24, 2.45) is 0 Å². The molecule has 114 valence electrons. The number of rotatable bonds is 2. The average Bonchev–Trinajstić information content (AvgIpc) is 2.49. The molecule has 2 amide bonds. The number of fused-ring (bicyclic) bond motifs is 1. The maximum atomic E-state index is 12.9. The monoisotopic (exact) mass is 335 g/mol. The second-order valence-electron chi connectivity index (χ2n) is 5.42. The third-order valence-electron chi connectivity index (χ3n) is 3.64. The number of amides is 2. The van der Waals surface area contributed by atoms with Crippen LogP contribution in [0.4, 0.5) is 16.3 Å². The number of carbonyl (C=O) groups excluding carboxylic acids is 1. The minimum absolute atomic E-state index is 0.0890. The van der Waals surface area contributed by atoms with E-state index in [1.54, 1.807) is 34.2 Å². The second-order valence-corrected chi connectivity index (χ2v) is 6.24. The van der Waals surface area contributed by atoms with Crippen LogP contribution in [0.2, 0.25) is 10.0 Å². The molecule has 0 radical (unpaired) electrons. The summed E-state index contributed by atoms with van der Waals surface area (Å²) >= 11 is 12.1. The number of anilines is 2. The zero-order chi connectivity index (χ0) is 15.9. The van der Waals surface area contributed by atoms with Gasteiger partial charge in [0.15, 0.2) is 0 Å². The highest BCUT2D eigenvalue weighted by Gasteiger charge is 2.33. The summed E-state index contributed by atoms with van der Waals surface area (Å²) in [7, 11) is 0. The normalized spacial score (nSPS) is 14.5. The van der Waals surface area contributed by atoms with Crippen LogP contribution in [-0.2, 0) is 6.54 Å². The zero-order valence-corrected chi connectivity index (χ0v) is 13.8. The first-order valence-corrected chi connectivity index (χ1v) is 7.74. The molecule has 0 fully saturated rings.